The number of methoxy groups -OCH3 is 4. The molecule has 1 amide bonds. The Morgan fingerprint density at radius 1 is 0.967 bits per heavy atom. The molecular formula is C20H22ClN3O6. The van der Waals surface area contributed by atoms with Gasteiger partial charge in [0, 0.05) is 30.0 Å². The van der Waals surface area contributed by atoms with Gasteiger partial charge < -0.3 is 18.9 Å². The highest BCUT2D eigenvalue weighted by atomic mass is 35.5. The molecule has 0 radical (unpaired) electrons. The van der Waals surface area contributed by atoms with Crippen LogP contribution in [0, 0.1) is 0 Å². The minimum atomic E-state index is -1.46. The van der Waals surface area contributed by atoms with Gasteiger partial charge in [-0.3, -0.25) is 9.59 Å². The second-order valence-corrected chi connectivity index (χ2v) is 6.27. The highest BCUT2D eigenvalue weighted by Crippen LogP contribution is 2.38. The Bertz CT molecular complexity index is 928. The van der Waals surface area contributed by atoms with Crippen molar-refractivity contribution in [2.45, 2.75) is 13.0 Å². The zero-order valence-electron chi connectivity index (χ0n) is 17.2. The molecule has 2 rings (SSSR count). The quantitative estimate of drug-likeness (QED) is 0.336. The molecule has 10 heteroatoms. The van der Waals surface area contributed by atoms with E-state index in [1.54, 1.807) is 36.4 Å². The maximum Gasteiger partial charge on any atom is 0.276 e. The van der Waals surface area contributed by atoms with E-state index in [9.17, 15) is 9.59 Å². The van der Waals surface area contributed by atoms with Crippen LogP contribution < -0.4 is 23.4 Å². The van der Waals surface area contributed by atoms with Crippen molar-refractivity contribution in [3.05, 3.63) is 36.4 Å². The van der Waals surface area contributed by atoms with Crippen LogP contribution in [0.15, 0.2) is 46.6 Å². The van der Waals surface area contributed by atoms with Crippen molar-refractivity contribution < 1.29 is 28.5 Å². The third-order valence-corrected chi connectivity index (χ3v) is 4.38. The number of para-hydroxylation sites is 1. The van der Waals surface area contributed by atoms with Gasteiger partial charge in [0.25, 0.3) is 5.91 Å². The maximum atomic E-state index is 12.9. The molecule has 0 aliphatic carbocycles. The fourth-order valence-electron chi connectivity index (χ4n) is 2.53. The number of anilines is 1. The van der Waals surface area contributed by atoms with Gasteiger partial charge in [-0.05, 0) is 19.1 Å². The normalized spacial score (nSPS) is 11.7. The highest BCUT2D eigenvalue weighted by molar-refractivity contribution is 6.39. The number of hydrogen-bond donors (Lipinski definition) is 0. The molecule has 0 saturated carbocycles. The van der Waals surface area contributed by atoms with E-state index in [-0.39, 0.29) is 11.4 Å². The predicted molar refractivity (Wildman–Crippen MR) is 111 cm³/mol. The molecule has 0 N–H and O–H groups in total. The summed E-state index contributed by atoms with van der Waals surface area (Å²) in [5.74, 6) is 0.238. The van der Waals surface area contributed by atoms with Crippen molar-refractivity contribution >= 4 is 34.8 Å². The molecule has 9 nitrogen and oxygen atoms in total. The summed E-state index contributed by atoms with van der Waals surface area (Å²) in [5.41, 5.74) is 0.540. The van der Waals surface area contributed by atoms with E-state index in [4.69, 9.17) is 30.7 Å². The zero-order valence-corrected chi connectivity index (χ0v) is 18.0. The number of azo groups is 1. The van der Waals surface area contributed by atoms with Gasteiger partial charge >= 0.3 is 0 Å². The first-order chi connectivity index (χ1) is 14.4. The van der Waals surface area contributed by atoms with Crippen molar-refractivity contribution in [2.75, 3.05) is 32.9 Å². The van der Waals surface area contributed by atoms with Crippen LogP contribution in [-0.4, -0.2) is 46.2 Å². The average molecular weight is 436 g/mol. The van der Waals surface area contributed by atoms with Crippen molar-refractivity contribution in [2.24, 2.45) is 10.2 Å². The summed E-state index contributed by atoms with van der Waals surface area (Å²) in [6.45, 7) is 1.22. The first kappa shape index (κ1) is 23.0. The molecule has 2 aromatic rings. The van der Waals surface area contributed by atoms with Crippen LogP contribution in [0.2, 0.25) is 0 Å². The smallest absolute Gasteiger partial charge is 0.276 e. The fraction of sp³-hybridized carbons (Fsp3) is 0.300. The summed E-state index contributed by atoms with van der Waals surface area (Å²) in [6.07, 6.45) is 0. The summed E-state index contributed by atoms with van der Waals surface area (Å²) in [4.78, 5) is 25.0. The van der Waals surface area contributed by atoms with Crippen LogP contribution in [-0.2, 0) is 9.59 Å². The van der Waals surface area contributed by atoms with E-state index >= 15 is 0 Å². The largest absolute Gasteiger partial charge is 0.497 e. The molecule has 0 spiro atoms. The summed E-state index contributed by atoms with van der Waals surface area (Å²) < 4.78 is 21.6. The third-order valence-electron chi connectivity index (χ3n) is 4.03. The Morgan fingerprint density at radius 3 is 2.10 bits per heavy atom. The first-order valence-electron chi connectivity index (χ1n) is 8.71. The summed E-state index contributed by atoms with van der Waals surface area (Å²) in [6, 6.07) is 8.18. The number of carbonyl (C=O) groups is 2. The molecule has 0 heterocycles. The van der Waals surface area contributed by atoms with Crippen molar-refractivity contribution in [3.8, 4) is 23.0 Å². The number of Topliss-reactive ketones (excluding diaryl/α,β-unsaturated/α-hetero) is 1. The molecule has 0 saturated heterocycles. The van der Waals surface area contributed by atoms with E-state index < -0.39 is 17.7 Å². The molecule has 160 valence electrons. The third kappa shape index (κ3) is 5.18. The Morgan fingerprint density at radius 2 is 1.60 bits per heavy atom. The topological polar surface area (TPSA) is 99.0 Å². The number of amides is 1. The molecule has 2 aromatic carbocycles. The lowest BCUT2D eigenvalue weighted by molar-refractivity contribution is -0.126. The van der Waals surface area contributed by atoms with Crippen molar-refractivity contribution in [1.29, 1.82) is 0 Å². The average Bonchev–Trinajstić information content (AvgIpc) is 2.77. The summed E-state index contributed by atoms with van der Waals surface area (Å²) in [7, 11) is 5.85. The van der Waals surface area contributed by atoms with Crippen LogP contribution in [0.4, 0.5) is 11.4 Å². The number of ketones is 1. The van der Waals surface area contributed by atoms with Crippen LogP contribution in [0.5, 0.6) is 23.0 Å². The van der Waals surface area contributed by atoms with Gasteiger partial charge in [0.1, 0.15) is 17.2 Å². The zero-order chi connectivity index (χ0) is 22.3. The van der Waals surface area contributed by atoms with Gasteiger partial charge in [-0.2, -0.15) is 10.2 Å². The number of rotatable bonds is 9. The number of nitrogens with zero attached hydrogens (tertiary/aromatic N) is 3. The van der Waals surface area contributed by atoms with E-state index in [1.165, 1.54) is 35.4 Å². The van der Waals surface area contributed by atoms with E-state index in [0.29, 0.717) is 22.9 Å². The van der Waals surface area contributed by atoms with E-state index in [2.05, 4.69) is 10.2 Å². The Kier molecular flexibility index (Phi) is 7.99. The minimum Gasteiger partial charge on any atom is -0.497 e. The highest BCUT2D eigenvalue weighted by Gasteiger charge is 2.31. The van der Waals surface area contributed by atoms with E-state index in [1.807, 2.05) is 0 Å². The molecule has 0 aliphatic heterocycles. The Hall–Kier alpha value is -3.33. The number of hydrogen-bond acceptors (Lipinski definition) is 8. The maximum absolute atomic E-state index is 12.9. The van der Waals surface area contributed by atoms with Gasteiger partial charge in [0.2, 0.25) is 6.04 Å². The lowest BCUT2D eigenvalue weighted by Gasteiger charge is -2.20. The fourth-order valence-corrected chi connectivity index (χ4v) is 2.76. The van der Waals surface area contributed by atoms with Crippen molar-refractivity contribution in [1.82, 2.24) is 0 Å². The standard InChI is InChI=1S/C20H22ClN3O6/c1-12(25)18(23-22-13-9-14(27-2)11-15(10-13)28-3)20(26)24(21)16-7-6-8-17(29-4)19(16)30-5/h6-11,18H,1-5H3. The molecule has 0 aromatic heterocycles. The Labute approximate surface area is 179 Å². The first-order valence-corrected chi connectivity index (χ1v) is 9.05. The number of ether oxygens (including phenoxy) is 4. The van der Waals surface area contributed by atoms with Gasteiger partial charge in [-0.1, -0.05) is 6.07 Å². The predicted octanol–water partition coefficient (Wildman–Crippen LogP) is 3.95. The van der Waals surface area contributed by atoms with Crippen molar-refractivity contribution in [3.63, 3.8) is 0 Å². The van der Waals surface area contributed by atoms with Gasteiger partial charge in [-0.25, -0.2) is 4.42 Å². The van der Waals surface area contributed by atoms with Gasteiger partial charge in [0.05, 0.1) is 34.1 Å². The summed E-state index contributed by atoms with van der Waals surface area (Å²) >= 11 is 6.24. The van der Waals surface area contributed by atoms with Crippen LogP contribution in [0.1, 0.15) is 6.92 Å². The molecule has 0 aliphatic rings. The summed E-state index contributed by atoms with van der Waals surface area (Å²) in [5, 5.41) is 7.91. The molecular weight excluding hydrogens is 414 g/mol. The molecule has 1 unspecified atom stereocenters. The second-order valence-electron chi connectivity index (χ2n) is 5.93. The number of halogens is 1. The van der Waals surface area contributed by atoms with E-state index in [0.717, 1.165) is 4.42 Å². The van der Waals surface area contributed by atoms with Crippen LogP contribution >= 0.6 is 11.8 Å². The number of carbonyl (C=O) groups excluding carboxylic acids is 2. The van der Waals surface area contributed by atoms with Crippen LogP contribution in [0.3, 0.4) is 0 Å². The SMILES string of the molecule is COc1cc(N=NC(C(C)=O)C(=O)N(Cl)c2cccc(OC)c2OC)cc(OC)c1. The minimum absolute atomic E-state index is 0.202. The van der Waals surface area contributed by atoms with Gasteiger partial charge in [0.15, 0.2) is 17.3 Å². The molecule has 0 fully saturated rings. The molecule has 30 heavy (non-hydrogen) atoms. The molecule has 0 bridgehead atoms. The number of benzene rings is 2. The van der Waals surface area contributed by atoms with Crippen LogP contribution in [0.25, 0.3) is 0 Å². The molecule has 1 atom stereocenters. The Balaban J connectivity index is 2.36. The monoisotopic (exact) mass is 435 g/mol. The van der Waals surface area contributed by atoms with Gasteiger partial charge in [-0.15, -0.1) is 0 Å². The second kappa shape index (κ2) is 10.4. The lowest BCUT2D eigenvalue weighted by Crippen LogP contribution is -2.36. The lowest BCUT2D eigenvalue weighted by atomic mass is 10.2.